The van der Waals surface area contributed by atoms with Crippen molar-refractivity contribution in [3.8, 4) is 0 Å². The van der Waals surface area contributed by atoms with Crippen molar-refractivity contribution < 1.29 is 4.52 Å². The molecule has 0 amide bonds. The van der Waals surface area contributed by atoms with Gasteiger partial charge in [0, 0.05) is 6.42 Å². The first kappa shape index (κ1) is 12.2. The van der Waals surface area contributed by atoms with Crippen molar-refractivity contribution in [2.45, 2.75) is 52.5 Å². The quantitative estimate of drug-likeness (QED) is 0.752. The van der Waals surface area contributed by atoms with Crippen LogP contribution in [0.3, 0.4) is 0 Å². The second-order valence-electron chi connectivity index (χ2n) is 3.83. The molecule has 0 radical (unpaired) electrons. The SMILES string of the molecule is CCCCc1noc(C(C)NCCC)n1. The highest BCUT2D eigenvalue weighted by Gasteiger charge is 2.12. The van der Waals surface area contributed by atoms with Gasteiger partial charge in [0.1, 0.15) is 0 Å². The first-order valence-electron chi connectivity index (χ1n) is 5.83. The Morgan fingerprint density at radius 2 is 2.13 bits per heavy atom. The smallest absolute Gasteiger partial charge is 0.243 e. The molecule has 0 aliphatic heterocycles. The highest BCUT2D eigenvalue weighted by Crippen LogP contribution is 2.10. The van der Waals surface area contributed by atoms with Crippen LogP contribution in [0.15, 0.2) is 4.52 Å². The van der Waals surface area contributed by atoms with Gasteiger partial charge in [-0.2, -0.15) is 4.98 Å². The Bertz CT molecular complexity index is 273. The number of hydrogen-bond donors (Lipinski definition) is 1. The topological polar surface area (TPSA) is 51.0 Å². The first-order chi connectivity index (χ1) is 7.27. The summed E-state index contributed by atoms with van der Waals surface area (Å²) in [5.41, 5.74) is 0. The van der Waals surface area contributed by atoms with E-state index in [4.69, 9.17) is 4.52 Å². The maximum absolute atomic E-state index is 5.20. The van der Waals surface area contributed by atoms with Crippen molar-refractivity contribution in [3.05, 3.63) is 11.7 Å². The van der Waals surface area contributed by atoms with Crippen LogP contribution < -0.4 is 5.32 Å². The fourth-order valence-corrected chi connectivity index (χ4v) is 1.33. The molecular formula is C11H21N3O. The predicted octanol–water partition coefficient (Wildman–Crippen LogP) is 2.47. The van der Waals surface area contributed by atoms with Crippen LogP contribution in [0.25, 0.3) is 0 Å². The summed E-state index contributed by atoms with van der Waals surface area (Å²) < 4.78 is 5.20. The van der Waals surface area contributed by atoms with Gasteiger partial charge in [-0.3, -0.25) is 0 Å². The lowest BCUT2D eigenvalue weighted by Crippen LogP contribution is -2.19. The molecule has 0 spiro atoms. The summed E-state index contributed by atoms with van der Waals surface area (Å²) in [6.45, 7) is 7.33. The lowest BCUT2D eigenvalue weighted by Gasteiger charge is -2.06. The van der Waals surface area contributed by atoms with Crippen LogP contribution in [-0.2, 0) is 6.42 Å². The molecule has 0 fully saturated rings. The molecule has 86 valence electrons. The average Bonchev–Trinajstić information content (AvgIpc) is 2.71. The molecule has 4 nitrogen and oxygen atoms in total. The highest BCUT2D eigenvalue weighted by molar-refractivity contribution is 4.91. The van der Waals surface area contributed by atoms with E-state index < -0.39 is 0 Å². The first-order valence-corrected chi connectivity index (χ1v) is 5.83. The van der Waals surface area contributed by atoms with E-state index in [0.29, 0.717) is 5.89 Å². The Morgan fingerprint density at radius 3 is 2.80 bits per heavy atom. The lowest BCUT2D eigenvalue weighted by atomic mass is 10.2. The van der Waals surface area contributed by atoms with Crippen molar-refractivity contribution in [2.75, 3.05) is 6.54 Å². The van der Waals surface area contributed by atoms with Gasteiger partial charge >= 0.3 is 0 Å². The monoisotopic (exact) mass is 211 g/mol. The third kappa shape index (κ3) is 4.00. The van der Waals surface area contributed by atoms with Gasteiger partial charge in [0.05, 0.1) is 6.04 Å². The van der Waals surface area contributed by atoms with E-state index in [9.17, 15) is 0 Å². The van der Waals surface area contributed by atoms with Gasteiger partial charge in [-0.15, -0.1) is 0 Å². The van der Waals surface area contributed by atoms with Crippen LogP contribution in [0, 0.1) is 0 Å². The molecule has 0 saturated carbocycles. The van der Waals surface area contributed by atoms with Crippen LogP contribution in [0.2, 0.25) is 0 Å². The summed E-state index contributed by atoms with van der Waals surface area (Å²) in [6.07, 6.45) is 4.31. The molecule has 1 heterocycles. The maximum Gasteiger partial charge on any atom is 0.243 e. The Labute approximate surface area is 91.5 Å². The molecule has 1 atom stereocenters. The molecule has 1 aromatic rings. The van der Waals surface area contributed by atoms with E-state index in [1.807, 2.05) is 6.92 Å². The zero-order chi connectivity index (χ0) is 11.1. The van der Waals surface area contributed by atoms with Gasteiger partial charge < -0.3 is 9.84 Å². The molecule has 0 bridgehead atoms. The van der Waals surface area contributed by atoms with Crippen molar-refractivity contribution in [1.82, 2.24) is 15.5 Å². The number of hydrogen-bond acceptors (Lipinski definition) is 4. The minimum Gasteiger partial charge on any atom is -0.338 e. The van der Waals surface area contributed by atoms with E-state index in [-0.39, 0.29) is 6.04 Å². The maximum atomic E-state index is 5.20. The van der Waals surface area contributed by atoms with Gasteiger partial charge in [-0.05, 0) is 26.3 Å². The number of aromatic nitrogens is 2. The zero-order valence-electron chi connectivity index (χ0n) is 9.92. The molecule has 15 heavy (non-hydrogen) atoms. The van der Waals surface area contributed by atoms with Crippen LogP contribution in [0.1, 0.15) is 57.8 Å². The Kier molecular flexibility index (Phi) is 5.32. The van der Waals surface area contributed by atoms with Crippen LogP contribution in [0.4, 0.5) is 0 Å². The molecular weight excluding hydrogens is 190 g/mol. The molecule has 1 unspecified atom stereocenters. The Hall–Kier alpha value is -0.900. The molecule has 4 heteroatoms. The number of aryl methyl sites for hydroxylation is 1. The second kappa shape index (κ2) is 6.56. The van der Waals surface area contributed by atoms with E-state index >= 15 is 0 Å². The summed E-state index contributed by atoms with van der Waals surface area (Å²) in [4.78, 5) is 4.36. The summed E-state index contributed by atoms with van der Waals surface area (Å²) in [7, 11) is 0. The number of unbranched alkanes of at least 4 members (excludes halogenated alkanes) is 1. The summed E-state index contributed by atoms with van der Waals surface area (Å²) in [6, 6.07) is 0.160. The number of nitrogens with zero attached hydrogens (tertiary/aromatic N) is 2. The van der Waals surface area contributed by atoms with E-state index in [1.54, 1.807) is 0 Å². The molecule has 1 N–H and O–H groups in total. The minimum absolute atomic E-state index is 0.160. The van der Waals surface area contributed by atoms with Crippen molar-refractivity contribution >= 4 is 0 Å². The van der Waals surface area contributed by atoms with Gasteiger partial charge in [-0.25, -0.2) is 0 Å². The minimum atomic E-state index is 0.160. The average molecular weight is 211 g/mol. The normalized spacial score (nSPS) is 13.0. The van der Waals surface area contributed by atoms with Crippen LogP contribution >= 0.6 is 0 Å². The molecule has 0 aliphatic rings. The third-order valence-corrected chi connectivity index (χ3v) is 2.31. The van der Waals surface area contributed by atoms with Gasteiger partial charge in [-0.1, -0.05) is 25.4 Å². The van der Waals surface area contributed by atoms with Gasteiger partial charge in [0.25, 0.3) is 0 Å². The summed E-state index contributed by atoms with van der Waals surface area (Å²) >= 11 is 0. The molecule has 0 aliphatic carbocycles. The number of nitrogens with one attached hydrogen (secondary N) is 1. The third-order valence-electron chi connectivity index (χ3n) is 2.31. The standard InChI is InChI=1S/C11H21N3O/c1-4-6-7-10-13-11(15-14-10)9(3)12-8-5-2/h9,12H,4-8H2,1-3H3. The fourth-order valence-electron chi connectivity index (χ4n) is 1.33. The molecule has 1 aromatic heterocycles. The number of rotatable bonds is 7. The highest BCUT2D eigenvalue weighted by atomic mass is 16.5. The Balaban J connectivity index is 2.43. The van der Waals surface area contributed by atoms with E-state index in [0.717, 1.165) is 38.1 Å². The van der Waals surface area contributed by atoms with Crippen LogP contribution in [0.5, 0.6) is 0 Å². The fraction of sp³-hybridized carbons (Fsp3) is 0.818. The second-order valence-corrected chi connectivity index (χ2v) is 3.83. The van der Waals surface area contributed by atoms with Gasteiger partial charge in [0.15, 0.2) is 5.82 Å². The summed E-state index contributed by atoms with van der Waals surface area (Å²) in [5, 5.41) is 7.28. The van der Waals surface area contributed by atoms with Crippen molar-refractivity contribution in [3.63, 3.8) is 0 Å². The van der Waals surface area contributed by atoms with Gasteiger partial charge in [0.2, 0.25) is 5.89 Å². The Morgan fingerprint density at radius 1 is 1.33 bits per heavy atom. The molecule has 1 rings (SSSR count). The van der Waals surface area contributed by atoms with Crippen molar-refractivity contribution in [1.29, 1.82) is 0 Å². The molecule has 0 saturated heterocycles. The summed E-state index contributed by atoms with van der Waals surface area (Å²) in [5.74, 6) is 1.53. The van der Waals surface area contributed by atoms with Crippen molar-refractivity contribution in [2.24, 2.45) is 0 Å². The lowest BCUT2D eigenvalue weighted by molar-refractivity contribution is 0.336. The predicted molar refractivity (Wildman–Crippen MR) is 59.6 cm³/mol. The van der Waals surface area contributed by atoms with Crippen LogP contribution in [-0.4, -0.2) is 16.7 Å². The van der Waals surface area contributed by atoms with E-state index in [1.165, 1.54) is 0 Å². The zero-order valence-corrected chi connectivity index (χ0v) is 9.92. The molecule has 0 aromatic carbocycles. The van der Waals surface area contributed by atoms with E-state index in [2.05, 4.69) is 29.3 Å². The largest absolute Gasteiger partial charge is 0.338 e.